The van der Waals surface area contributed by atoms with Crippen molar-refractivity contribution in [2.75, 3.05) is 13.7 Å². The van der Waals surface area contributed by atoms with Crippen LogP contribution >= 0.6 is 0 Å². The average Bonchev–Trinajstić information content (AvgIpc) is 2.03. The zero-order chi connectivity index (χ0) is 9.14. The van der Waals surface area contributed by atoms with Crippen LogP contribution in [0, 0.1) is 11.8 Å². The van der Waals surface area contributed by atoms with Gasteiger partial charge >= 0.3 is 5.97 Å². The van der Waals surface area contributed by atoms with Crippen LogP contribution in [-0.4, -0.2) is 19.7 Å². The van der Waals surface area contributed by atoms with Gasteiger partial charge < -0.3 is 9.47 Å². The van der Waals surface area contributed by atoms with Crippen LogP contribution in [0.25, 0.3) is 0 Å². The summed E-state index contributed by atoms with van der Waals surface area (Å²) >= 11 is 0. The Bertz CT molecular complexity index is 206. The molecule has 1 atom stereocenters. The first-order chi connectivity index (χ1) is 5.65. The lowest BCUT2D eigenvalue weighted by Crippen LogP contribution is -2.26. The molecule has 1 aliphatic heterocycles. The first-order valence-electron chi connectivity index (χ1n) is 4.07. The highest BCUT2D eigenvalue weighted by Crippen LogP contribution is 2.24. The second-order valence-corrected chi connectivity index (χ2v) is 3.23. The van der Waals surface area contributed by atoms with Crippen LogP contribution < -0.4 is 0 Å². The van der Waals surface area contributed by atoms with Crippen LogP contribution in [0.2, 0.25) is 0 Å². The maximum absolute atomic E-state index is 10.8. The molecule has 3 heteroatoms. The molecule has 0 aromatic heterocycles. The summed E-state index contributed by atoms with van der Waals surface area (Å²) in [6.45, 7) is 4.60. The summed E-state index contributed by atoms with van der Waals surface area (Å²) in [6, 6.07) is 0. The number of hydrogen-bond acceptors (Lipinski definition) is 3. The van der Waals surface area contributed by atoms with Gasteiger partial charge in [0, 0.05) is 0 Å². The van der Waals surface area contributed by atoms with Crippen molar-refractivity contribution in [1.29, 1.82) is 0 Å². The lowest BCUT2D eigenvalue weighted by atomic mass is 9.93. The summed E-state index contributed by atoms with van der Waals surface area (Å²) in [7, 11) is 1.58. The van der Waals surface area contributed by atoms with Gasteiger partial charge in [0.15, 0.2) is 0 Å². The SMILES string of the molecule is COC1=CC(=O)OCC1C(C)C. The summed E-state index contributed by atoms with van der Waals surface area (Å²) in [5.41, 5.74) is 0. The van der Waals surface area contributed by atoms with Crippen LogP contribution in [0.1, 0.15) is 13.8 Å². The predicted molar refractivity (Wildman–Crippen MR) is 44.4 cm³/mol. The molecule has 0 amide bonds. The highest BCUT2D eigenvalue weighted by atomic mass is 16.5. The van der Waals surface area contributed by atoms with Gasteiger partial charge in [-0.2, -0.15) is 0 Å². The Balaban J connectivity index is 2.77. The van der Waals surface area contributed by atoms with Crippen LogP contribution in [0.4, 0.5) is 0 Å². The molecule has 0 aliphatic carbocycles. The Hall–Kier alpha value is -0.990. The molecule has 0 bridgehead atoms. The molecule has 1 unspecified atom stereocenters. The van der Waals surface area contributed by atoms with Crippen molar-refractivity contribution < 1.29 is 14.3 Å². The summed E-state index contributed by atoms with van der Waals surface area (Å²) in [5, 5.41) is 0. The van der Waals surface area contributed by atoms with Gasteiger partial charge in [-0.3, -0.25) is 0 Å². The Kier molecular flexibility index (Phi) is 2.74. The van der Waals surface area contributed by atoms with E-state index in [0.717, 1.165) is 5.76 Å². The highest BCUT2D eigenvalue weighted by Gasteiger charge is 2.25. The molecule has 68 valence electrons. The molecule has 1 aliphatic rings. The van der Waals surface area contributed by atoms with Gasteiger partial charge in [0.25, 0.3) is 0 Å². The van der Waals surface area contributed by atoms with Gasteiger partial charge in [0.2, 0.25) is 0 Å². The van der Waals surface area contributed by atoms with Gasteiger partial charge in [-0.05, 0) is 5.92 Å². The van der Waals surface area contributed by atoms with E-state index in [2.05, 4.69) is 13.8 Å². The molecule has 12 heavy (non-hydrogen) atoms. The molecule has 0 saturated heterocycles. The van der Waals surface area contributed by atoms with Crippen molar-refractivity contribution in [3.63, 3.8) is 0 Å². The molecule has 1 rings (SSSR count). The lowest BCUT2D eigenvalue weighted by molar-refractivity contribution is -0.141. The van der Waals surface area contributed by atoms with Gasteiger partial charge in [-0.15, -0.1) is 0 Å². The molecule has 1 heterocycles. The van der Waals surface area contributed by atoms with Gasteiger partial charge in [0.05, 0.1) is 19.1 Å². The number of hydrogen-bond donors (Lipinski definition) is 0. The van der Waals surface area contributed by atoms with Crippen LogP contribution in [0.3, 0.4) is 0 Å². The highest BCUT2D eigenvalue weighted by molar-refractivity contribution is 5.83. The normalized spacial score (nSPS) is 23.5. The van der Waals surface area contributed by atoms with E-state index in [1.807, 2.05) is 0 Å². The van der Waals surface area contributed by atoms with E-state index in [-0.39, 0.29) is 11.9 Å². The number of ether oxygens (including phenoxy) is 2. The van der Waals surface area contributed by atoms with E-state index in [1.54, 1.807) is 7.11 Å². The van der Waals surface area contributed by atoms with Gasteiger partial charge in [0.1, 0.15) is 12.4 Å². The third-order valence-electron chi connectivity index (χ3n) is 2.07. The molecule has 0 radical (unpaired) electrons. The molecular formula is C9H14O3. The van der Waals surface area contributed by atoms with Crippen molar-refractivity contribution in [2.45, 2.75) is 13.8 Å². The average molecular weight is 170 g/mol. The lowest BCUT2D eigenvalue weighted by Gasteiger charge is -2.25. The molecule has 0 aromatic carbocycles. The van der Waals surface area contributed by atoms with Crippen LogP contribution in [0.15, 0.2) is 11.8 Å². The first-order valence-corrected chi connectivity index (χ1v) is 4.07. The van der Waals surface area contributed by atoms with Crippen molar-refractivity contribution in [3.05, 3.63) is 11.8 Å². The van der Waals surface area contributed by atoms with E-state index >= 15 is 0 Å². The Morgan fingerprint density at radius 1 is 1.67 bits per heavy atom. The fourth-order valence-corrected chi connectivity index (χ4v) is 1.25. The van der Waals surface area contributed by atoms with Crippen molar-refractivity contribution in [3.8, 4) is 0 Å². The second-order valence-electron chi connectivity index (χ2n) is 3.23. The van der Waals surface area contributed by atoms with E-state index < -0.39 is 0 Å². The molecule has 0 fully saturated rings. The number of carbonyl (C=O) groups excluding carboxylic acids is 1. The molecule has 0 aromatic rings. The maximum Gasteiger partial charge on any atom is 0.334 e. The van der Waals surface area contributed by atoms with Crippen LogP contribution in [-0.2, 0) is 14.3 Å². The number of methoxy groups -OCH3 is 1. The topological polar surface area (TPSA) is 35.5 Å². The second kappa shape index (κ2) is 3.61. The number of cyclic esters (lactones) is 1. The van der Waals surface area contributed by atoms with E-state index in [0.29, 0.717) is 12.5 Å². The minimum atomic E-state index is -0.302. The zero-order valence-corrected chi connectivity index (χ0v) is 7.66. The molecule has 0 spiro atoms. The standard InChI is InChI=1S/C9H14O3/c1-6(2)7-5-12-9(10)4-8(7)11-3/h4,6-7H,5H2,1-3H3. The van der Waals surface area contributed by atoms with Gasteiger partial charge in [-0.1, -0.05) is 13.8 Å². The molecule has 0 N–H and O–H groups in total. The Morgan fingerprint density at radius 3 is 2.83 bits per heavy atom. The Labute approximate surface area is 72.4 Å². The summed E-state index contributed by atoms with van der Waals surface area (Å²) in [5.74, 6) is 1.09. The quantitative estimate of drug-likeness (QED) is 0.587. The number of carbonyl (C=O) groups is 1. The maximum atomic E-state index is 10.8. The fourth-order valence-electron chi connectivity index (χ4n) is 1.25. The Morgan fingerprint density at radius 2 is 2.33 bits per heavy atom. The van der Waals surface area contributed by atoms with E-state index in [9.17, 15) is 4.79 Å². The third-order valence-corrected chi connectivity index (χ3v) is 2.07. The third kappa shape index (κ3) is 1.78. The van der Waals surface area contributed by atoms with Gasteiger partial charge in [-0.25, -0.2) is 4.79 Å². The summed E-state index contributed by atoms with van der Waals surface area (Å²) in [6.07, 6.45) is 1.42. The monoisotopic (exact) mass is 170 g/mol. The number of rotatable bonds is 2. The first kappa shape index (κ1) is 9.10. The largest absolute Gasteiger partial charge is 0.500 e. The zero-order valence-electron chi connectivity index (χ0n) is 7.66. The smallest absolute Gasteiger partial charge is 0.334 e. The predicted octanol–water partition coefficient (Wildman–Crippen LogP) is 1.35. The fraction of sp³-hybridized carbons (Fsp3) is 0.667. The van der Waals surface area contributed by atoms with E-state index in [4.69, 9.17) is 9.47 Å². The minimum absolute atomic E-state index is 0.215. The summed E-state index contributed by atoms with van der Waals surface area (Å²) < 4.78 is 9.98. The minimum Gasteiger partial charge on any atom is -0.500 e. The van der Waals surface area contributed by atoms with Crippen molar-refractivity contribution in [1.82, 2.24) is 0 Å². The number of esters is 1. The molecular weight excluding hydrogens is 156 g/mol. The van der Waals surface area contributed by atoms with Crippen molar-refractivity contribution in [2.24, 2.45) is 11.8 Å². The van der Waals surface area contributed by atoms with Crippen LogP contribution in [0.5, 0.6) is 0 Å². The molecule has 0 saturated carbocycles. The van der Waals surface area contributed by atoms with E-state index in [1.165, 1.54) is 6.08 Å². The summed E-state index contributed by atoms with van der Waals surface area (Å²) in [4.78, 5) is 10.8. The van der Waals surface area contributed by atoms with Crippen molar-refractivity contribution >= 4 is 5.97 Å². The molecule has 3 nitrogen and oxygen atoms in total.